The molecule has 1 N–H and O–H groups in total. The summed E-state index contributed by atoms with van der Waals surface area (Å²) in [6.45, 7) is 2.83. The number of fused-ring (bicyclic) bond motifs is 1. The molecule has 0 fully saturated rings. The van der Waals surface area contributed by atoms with Crippen molar-refractivity contribution in [2.24, 2.45) is 7.05 Å². The zero-order valence-electron chi connectivity index (χ0n) is 9.57. The van der Waals surface area contributed by atoms with Gasteiger partial charge in [0.2, 0.25) is 0 Å². The van der Waals surface area contributed by atoms with Crippen LogP contribution in [0.2, 0.25) is 0 Å². The molecule has 4 heteroatoms. The summed E-state index contributed by atoms with van der Waals surface area (Å²) in [7, 11) is 1.97. The van der Waals surface area contributed by atoms with E-state index in [4.69, 9.17) is 11.6 Å². The number of alkyl halides is 1. The van der Waals surface area contributed by atoms with Gasteiger partial charge in [0.05, 0.1) is 11.2 Å². The van der Waals surface area contributed by atoms with Gasteiger partial charge in [-0.1, -0.05) is 18.2 Å². The number of nitrogens with zero attached hydrogens (tertiary/aromatic N) is 2. The Kier molecular flexibility index (Phi) is 3.46. The molecule has 0 saturated heterocycles. The highest BCUT2D eigenvalue weighted by molar-refractivity contribution is 6.18. The summed E-state index contributed by atoms with van der Waals surface area (Å²) < 4.78 is 1.91. The van der Waals surface area contributed by atoms with Gasteiger partial charge in [-0.3, -0.25) is 4.68 Å². The van der Waals surface area contributed by atoms with E-state index in [1.54, 1.807) is 0 Å². The lowest BCUT2D eigenvalue weighted by molar-refractivity contribution is 0.581. The van der Waals surface area contributed by atoms with Crippen molar-refractivity contribution in [3.63, 3.8) is 0 Å². The number of halogens is 1. The second-order valence-corrected chi connectivity index (χ2v) is 4.33. The van der Waals surface area contributed by atoms with Gasteiger partial charge in [-0.15, -0.1) is 11.6 Å². The number of hydrogen-bond donors (Lipinski definition) is 1. The number of hydrogen-bond acceptors (Lipinski definition) is 2. The van der Waals surface area contributed by atoms with Crippen LogP contribution in [0.15, 0.2) is 24.3 Å². The lowest BCUT2D eigenvalue weighted by atomic mass is 10.2. The van der Waals surface area contributed by atoms with E-state index in [1.165, 1.54) is 5.39 Å². The van der Waals surface area contributed by atoms with E-state index >= 15 is 0 Å². The second-order valence-electron chi connectivity index (χ2n) is 4.02. The summed E-state index contributed by atoms with van der Waals surface area (Å²) in [6.07, 6.45) is 0. The first kappa shape index (κ1) is 11.4. The molecular formula is C12H16ClN3. The van der Waals surface area contributed by atoms with Crippen molar-refractivity contribution in [2.75, 3.05) is 5.88 Å². The number of rotatable bonds is 4. The zero-order chi connectivity index (χ0) is 11.5. The predicted octanol–water partition coefficient (Wildman–Crippen LogP) is 2.29. The SMILES string of the molecule is CC(CCl)NCc1nn(C)c2ccccc12. The van der Waals surface area contributed by atoms with Gasteiger partial charge < -0.3 is 5.32 Å². The van der Waals surface area contributed by atoms with Gasteiger partial charge in [0.25, 0.3) is 0 Å². The maximum atomic E-state index is 5.75. The van der Waals surface area contributed by atoms with Crippen molar-refractivity contribution in [2.45, 2.75) is 19.5 Å². The number of aryl methyl sites for hydroxylation is 1. The lowest BCUT2D eigenvalue weighted by Crippen LogP contribution is -2.27. The highest BCUT2D eigenvalue weighted by Gasteiger charge is 2.08. The van der Waals surface area contributed by atoms with E-state index in [1.807, 2.05) is 23.9 Å². The first-order valence-electron chi connectivity index (χ1n) is 5.42. The molecule has 1 aromatic carbocycles. The third-order valence-electron chi connectivity index (χ3n) is 2.68. The van der Waals surface area contributed by atoms with Crippen LogP contribution in [0.4, 0.5) is 0 Å². The molecule has 1 heterocycles. The fraction of sp³-hybridized carbons (Fsp3) is 0.417. The summed E-state index contributed by atoms with van der Waals surface area (Å²) in [4.78, 5) is 0. The third-order valence-corrected chi connectivity index (χ3v) is 3.15. The average Bonchev–Trinajstić information content (AvgIpc) is 2.64. The van der Waals surface area contributed by atoms with Gasteiger partial charge in [-0.2, -0.15) is 5.10 Å². The highest BCUT2D eigenvalue weighted by atomic mass is 35.5. The van der Waals surface area contributed by atoms with Crippen LogP contribution in [0, 0.1) is 0 Å². The fourth-order valence-electron chi connectivity index (χ4n) is 1.74. The molecule has 2 aromatic rings. The standard InChI is InChI=1S/C12H16ClN3/c1-9(7-13)14-8-11-10-5-3-4-6-12(10)16(2)15-11/h3-6,9,14H,7-8H2,1-2H3. The molecule has 0 amide bonds. The molecule has 1 atom stereocenters. The molecule has 0 saturated carbocycles. The summed E-state index contributed by atoms with van der Waals surface area (Å²) >= 11 is 5.75. The summed E-state index contributed by atoms with van der Waals surface area (Å²) in [5, 5.41) is 9.06. The number of nitrogens with one attached hydrogen (secondary N) is 1. The Labute approximate surface area is 100 Å². The van der Waals surface area contributed by atoms with Crippen molar-refractivity contribution in [3.05, 3.63) is 30.0 Å². The van der Waals surface area contributed by atoms with Gasteiger partial charge in [-0.05, 0) is 13.0 Å². The normalized spacial score (nSPS) is 13.2. The molecular weight excluding hydrogens is 222 g/mol. The molecule has 1 unspecified atom stereocenters. The van der Waals surface area contributed by atoms with Gasteiger partial charge in [0.1, 0.15) is 0 Å². The Hall–Kier alpha value is -1.06. The molecule has 0 spiro atoms. The third kappa shape index (κ3) is 2.20. The van der Waals surface area contributed by atoms with Crippen LogP contribution < -0.4 is 5.32 Å². The van der Waals surface area contributed by atoms with Crippen molar-refractivity contribution < 1.29 is 0 Å². The molecule has 0 aliphatic heterocycles. The Balaban J connectivity index is 2.24. The summed E-state index contributed by atoms with van der Waals surface area (Å²) in [6, 6.07) is 8.56. The van der Waals surface area contributed by atoms with Gasteiger partial charge in [0, 0.05) is 30.9 Å². The number of aromatic nitrogens is 2. The van der Waals surface area contributed by atoms with E-state index in [9.17, 15) is 0 Å². The van der Waals surface area contributed by atoms with E-state index in [0.717, 1.165) is 17.8 Å². The minimum absolute atomic E-state index is 0.308. The van der Waals surface area contributed by atoms with Crippen molar-refractivity contribution >= 4 is 22.5 Å². The van der Waals surface area contributed by atoms with Crippen molar-refractivity contribution in [1.29, 1.82) is 0 Å². The van der Waals surface area contributed by atoms with Crippen LogP contribution in [0.1, 0.15) is 12.6 Å². The first-order chi connectivity index (χ1) is 7.72. The Morgan fingerprint density at radius 1 is 1.44 bits per heavy atom. The monoisotopic (exact) mass is 237 g/mol. The minimum Gasteiger partial charge on any atom is -0.307 e. The van der Waals surface area contributed by atoms with Crippen LogP contribution in [-0.4, -0.2) is 21.7 Å². The van der Waals surface area contributed by atoms with Crippen LogP contribution in [0.3, 0.4) is 0 Å². The smallest absolute Gasteiger partial charge is 0.0841 e. The van der Waals surface area contributed by atoms with Crippen LogP contribution in [-0.2, 0) is 13.6 Å². The largest absolute Gasteiger partial charge is 0.307 e. The van der Waals surface area contributed by atoms with Gasteiger partial charge in [0.15, 0.2) is 0 Å². The molecule has 86 valence electrons. The zero-order valence-corrected chi connectivity index (χ0v) is 10.3. The number of para-hydroxylation sites is 1. The molecule has 0 aliphatic rings. The predicted molar refractivity (Wildman–Crippen MR) is 67.7 cm³/mol. The average molecular weight is 238 g/mol. The summed E-state index contributed by atoms with van der Waals surface area (Å²) in [5.41, 5.74) is 2.24. The maximum Gasteiger partial charge on any atom is 0.0841 e. The minimum atomic E-state index is 0.308. The topological polar surface area (TPSA) is 29.9 Å². The van der Waals surface area contributed by atoms with E-state index in [2.05, 4.69) is 29.5 Å². The van der Waals surface area contributed by atoms with Crippen LogP contribution >= 0.6 is 11.6 Å². The van der Waals surface area contributed by atoms with Crippen molar-refractivity contribution in [1.82, 2.24) is 15.1 Å². The van der Waals surface area contributed by atoms with Gasteiger partial charge in [-0.25, -0.2) is 0 Å². The first-order valence-corrected chi connectivity index (χ1v) is 5.95. The van der Waals surface area contributed by atoms with Crippen molar-refractivity contribution in [3.8, 4) is 0 Å². The number of benzene rings is 1. The van der Waals surface area contributed by atoms with E-state index in [-0.39, 0.29) is 0 Å². The molecule has 3 nitrogen and oxygen atoms in total. The fourth-order valence-corrected chi connectivity index (χ4v) is 1.85. The van der Waals surface area contributed by atoms with Gasteiger partial charge >= 0.3 is 0 Å². The molecule has 2 rings (SSSR count). The molecule has 0 radical (unpaired) electrons. The molecule has 0 aliphatic carbocycles. The van der Waals surface area contributed by atoms with Crippen LogP contribution in [0.5, 0.6) is 0 Å². The van der Waals surface area contributed by atoms with E-state index in [0.29, 0.717) is 11.9 Å². The molecule has 16 heavy (non-hydrogen) atoms. The maximum absolute atomic E-state index is 5.75. The van der Waals surface area contributed by atoms with Crippen LogP contribution in [0.25, 0.3) is 10.9 Å². The lowest BCUT2D eigenvalue weighted by Gasteiger charge is -2.08. The quantitative estimate of drug-likeness (QED) is 0.827. The molecule has 1 aromatic heterocycles. The Morgan fingerprint density at radius 2 is 2.19 bits per heavy atom. The summed E-state index contributed by atoms with van der Waals surface area (Å²) in [5.74, 6) is 0.616. The Bertz CT molecular complexity index is 478. The Morgan fingerprint density at radius 3 is 2.94 bits per heavy atom. The highest BCUT2D eigenvalue weighted by Crippen LogP contribution is 2.17. The second kappa shape index (κ2) is 4.85. The van der Waals surface area contributed by atoms with E-state index < -0.39 is 0 Å². The molecule has 0 bridgehead atoms.